The topological polar surface area (TPSA) is 158 Å². The van der Waals surface area contributed by atoms with Gasteiger partial charge in [0.2, 0.25) is 11.8 Å². The summed E-state index contributed by atoms with van der Waals surface area (Å²) in [6.45, 7) is 2.06. The van der Waals surface area contributed by atoms with Crippen molar-refractivity contribution in [1.29, 1.82) is 0 Å². The number of carbonyl (C=O) groups excluding carboxylic acids is 4. The molecule has 0 spiro atoms. The maximum atomic E-state index is 13.6. The van der Waals surface area contributed by atoms with Crippen LogP contribution in [-0.4, -0.2) is 70.4 Å². The second-order valence-corrected chi connectivity index (χ2v) is 8.67. The van der Waals surface area contributed by atoms with Crippen molar-refractivity contribution in [2.75, 3.05) is 18.2 Å². The van der Waals surface area contributed by atoms with Gasteiger partial charge in [-0.25, -0.2) is 4.39 Å². The molecular formula is C22H26FN7O5. The Morgan fingerprint density at radius 1 is 1.31 bits per heavy atom. The van der Waals surface area contributed by atoms with Crippen molar-refractivity contribution in [1.82, 2.24) is 31.4 Å². The van der Waals surface area contributed by atoms with Crippen LogP contribution >= 0.6 is 0 Å². The van der Waals surface area contributed by atoms with Crippen LogP contribution in [0.25, 0.3) is 0 Å². The van der Waals surface area contributed by atoms with E-state index in [2.05, 4.69) is 31.4 Å². The average molecular weight is 487 g/mol. The number of nitrogens with zero attached hydrogens (tertiary/aromatic N) is 3. The van der Waals surface area contributed by atoms with Gasteiger partial charge in [-0.3, -0.25) is 24.1 Å². The number of ether oxygens (including phenoxy) is 1. The summed E-state index contributed by atoms with van der Waals surface area (Å²) in [5.74, 6) is -2.44. The normalized spacial score (nSPS) is 19.4. The van der Waals surface area contributed by atoms with Crippen LogP contribution in [-0.2, 0) is 32.1 Å². The lowest BCUT2D eigenvalue weighted by Crippen LogP contribution is -2.59. The zero-order valence-corrected chi connectivity index (χ0v) is 19.2. The number of alkyl halides is 1. The molecule has 35 heavy (non-hydrogen) atoms. The fraction of sp³-hybridized carbons (Fsp3) is 0.455. The number of halogens is 1. The molecule has 2 aromatic rings. The molecule has 4 amide bonds. The number of para-hydroxylation sites is 1. The Bertz CT molecular complexity index is 1120. The van der Waals surface area contributed by atoms with Gasteiger partial charge in [0.25, 0.3) is 11.8 Å². The molecule has 186 valence electrons. The van der Waals surface area contributed by atoms with Crippen molar-refractivity contribution in [2.45, 2.75) is 44.9 Å². The molecule has 0 unspecified atom stereocenters. The Morgan fingerprint density at radius 3 is 2.80 bits per heavy atom. The van der Waals surface area contributed by atoms with E-state index in [4.69, 9.17) is 4.74 Å². The molecule has 3 heterocycles. The van der Waals surface area contributed by atoms with Gasteiger partial charge < -0.3 is 20.7 Å². The Labute approximate surface area is 200 Å². The average Bonchev–Trinajstić information content (AvgIpc) is 3.47. The highest BCUT2D eigenvalue weighted by Gasteiger charge is 2.45. The Balaban J connectivity index is 1.55. The smallest absolute Gasteiger partial charge is 0.253 e. The highest BCUT2D eigenvalue weighted by atomic mass is 19.1. The van der Waals surface area contributed by atoms with E-state index in [0.717, 1.165) is 5.56 Å². The van der Waals surface area contributed by atoms with Crippen molar-refractivity contribution < 1.29 is 28.3 Å². The number of carbonyl (C=O) groups is 4. The predicted molar refractivity (Wildman–Crippen MR) is 120 cm³/mol. The largest absolute Gasteiger partial charge is 0.489 e. The van der Waals surface area contributed by atoms with Gasteiger partial charge in [0.05, 0.1) is 18.4 Å². The first-order chi connectivity index (χ1) is 16.8. The second-order valence-electron chi connectivity index (χ2n) is 8.67. The number of aromatic nitrogens is 3. The van der Waals surface area contributed by atoms with Crippen LogP contribution in [0.3, 0.4) is 0 Å². The van der Waals surface area contributed by atoms with E-state index >= 15 is 0 Å². The zero-order valence-electron chi connectivity index (χ0n) is 19.2. The molecule has 13 heteroatoms. The standard InChI is InChI=1S/C22H26FN7O5/c1-11(2)18(27-17(31)7-23)21(33)26-14-10-35-16-5-3-4-12-6-15(30(19(12)16)22(14)34)20(32)24-8-13-9-25-29-28-13/h3-5,9,11,14-15,18H,6-8,10H2,1-2H3,(H,24,32)(H,26,33)(H,27,31)(H,25,28,29)/t14-,15-,18-/m0/s1. The van der Waals surface area contributed by atoms with Gasteiger partial charge in [0.1, 0.15) is 36.2 Å². The summed E-state index contributed by atoms with van der Waals surface area (Å²) >= 11 is 0. The van der Waals surface area contributed by atoms with Crippen LogP contribution in [0.2, 0.25) is 0 Å². The quantitative estimate of drug-likeness (QED) is 0.386. The third-order valence-electron chi connectivity index (χ3n) is 5.90. The summed E-state index contributed by atoms with van der Waals surface area (Å²) in [5, 5.41) is 17.8. The highest BCUT2D eigenvalue weighted by molar-refractivity contribution is 6.08. The molecule has 3 atom stereocenters. The van der Waals surface area contributed by atoms with E-state index in [1.807, 2.05) is 6.07 Å². The Kier molecular flexibility index (Phi) is 6.94. The molecule has 0 saturated carbocycles. The van der Waals surface area contributed by atoms with Gasteiger partial charge in [0, 0.05) is 6.42 Å². The van der Waals surface area contributed by atoms with Gasteiger partial charge >= 0.3 is 0 Å². The number of benzene rings is 1. The van der Waals surface area contributed by atoms with E-state index in [-0.39, 0.29) is 25.5 Å². The van der Waals surface area contributed by atoms with E-state index < -0.39 is 48.4 Å². The third-order valence-corrected chi connectivity index (χ3v) is 5.90. The summed E-state index contributed by atoms with van der Waals surface area (Å²) in [6, 6.07) is 2.24. The molecule has 0 saturated heterocycles. The maximum Gasteiger partial charge on any atom is 0.253 e. The second kappa shape index (κ2) is 10.1. The summed E-state index contributed by atoms with van der Waals surface area (Å²) < 4.78 is 18.5. The number of anilines is 1. The Hall–Kier alpha value is -4.03. The van der Waals surface area contributed by atoms with Crippen LogP contribution in [0.5, 0.6) is 5.75 Å². The number of nitrogens with one attached hydrogen (secondary N) is 4. The molecule has 2 aliphatic heterocycles. The number of hydrogen-bond donors (Lipinski definition) is 4. The van der Waals surface area contributed by atoms with E-state index in [1.54, 1.807) is 26.0 Å². The van der Waals surface area contributed by atoms with Crippen molar-refractivity contribution in [2.24, 2.45) is 5.92 Å². The van der Waals surface area contributed by atoms with Crippen molar-refractivity contribution in [3.05, 3.63) is 35.7 Å². The summed E-state index contributed by atoms with van der Waals surface area (Å²) in [6.07, 6.45) is 1.75. The lowest BCUT2D eigenvalue weighted by atomic mass is 10.0. The first-order valence-corrected chi connectivity index (χ1v) is 11.2. The summed E-state index contributed by atoms with van der Waals surface area (Å²) in [7, 11) is 0. The van der Waals surface area contributed by atoms with Gasteiger partial charge in [-0.05, 0) is 17.5 Å². The zero-order chi connectivity index (χ0) is 25.1. The van der Waals surface area contributed by atoms with Gasteiger partial charge in [-0.2, -0.15) is 15.4 Å². The molecule has 0 aliphatic carbocycles. The molecule has 2 aliphatic rings. The van der Waals surface area contributed by atoms with Crippen LogP contribution < -0.4 is 25.6 Å². The van der Waals surface area contributed by atoms with Crippen molar-refractivity contribution in [3.63, 3.8) is 0 Å². The van der Waals surface area contributed by atoms with E-state index in [0.29, 0.717) is 17.1 Å². The fourth-order valence-corrected chi connectivity index (χ4v) is 4.18. The van der Waals surface area contributed by atoms with Crippen molar-refractivity contribution >= 4 is 29.3 Å². The summed E-state index contributed by atoms with van der Waals surface area (Å²) in [5.41, 5.74) is 1.78. The first kappa shape index (κ1) is 24.1. The lowest BCUT2D eigenvalue weighted by molar-refractivity contribution is -0.133. The molecule has 12 nitrogen and oxygen atoms in total. The third kappa shape index (κ3) is 4.93. The van der Waals surface area contributed by atoms with Crippen LogP contribution in [0.15, 0.2) is 24.4 Å². The summed E-state index contributed by atoms with van der Waals surface area (Å²) in [4.78, 5) is 52.5. The molecule has 1 aromatic heterocycles. The van der Waals surface area contributed by atoms with Gasteiger partial charge in [-0.1, -0.05) is 26.0 Å². The van der Waals surface area contributed by atoms with Crippen molar-refractivity contribution in [3.8, 4) is 5.75 Å². The lowest BCUT2D eigenvalue weighted by Gasteiger charge is -2.28. The molecule has 4 N–H and O–H groups in total. The van der Waals surface area contributed by atoms with Crippen LogP contribution in [0, 0.1) is 5.92 Å². The van der Waals surface area contributed by atoms with Crippen LogP contribution in [0.4, 0.5) is 10.1 Å². The maximum absolute atomic E-state index is 13.6. The monoisotopic (exact) mass is 487 g/mol. The van der Waals surface area contributed by atoms with E-state index in [1.165, 1.54) is 11.1 Å². The fourth-order valence-electron chi connectivity index (χ4n) is 4.18. The first-order valence-electron chi connectivity index (χ1n) is 11.2. The molecule has 1 aromatic carbocycles. The molecule has 0 bridgehead atoms. The molecular weight excluding hydrogens is 461 g/mol. The molecule has 4 rings (SSSR count). The predicted octanol–water partition coefficient (Wildman–Crippen LogP) is -0.634. The molecule has 0 fully saturated rings. The minimum absolute atomic E-state index is 0.123. The number of H-pyrrole nitrogens is 1. The van der Waals surface area contributed by atoms with Gasteiger partial charge in [-0.15, -0.1) is 0 Å². The minimum atomic E-state index is -1.26. The number of aromatic amines is 1. The number of rotatable bonds is 8. The minimum Gasteiger partial charge on any atom is -0.489 e. The van der Waals surface area contributed by atoms with Crippen LogP contribution in [0.1, 0.15) is 25.1 Å². The number of amides is 4. The number of hydrogen-bond acceptors (Lipinski definition) is 7. The van der Waals surface area contributed by atoms with Gasteiger partial charge in [0.15, 0.2) is 6.67 Å². The molecule has 0 radical (unpaired) electrons. The SMILES string of the molecule is CC(C)[C@H](NC(=O)CF)C(=O)N[C@H]1COc2cccc3c2N(C1=O)[C@H](C(=O)NCc1cn[nH]n1)C3. The Morgan fingerprint density at radius 2 is 2.11 bits per heavy atom. The highest BCUT2D eigenvalue weighted by Crippen LogP contribution is 2.42. The van der Waals surface area contributed by atoms with E-state index in [9.17, 15) is 23.6 Å².